The van der Waals surface area contributed by atoms with Gasteiger partial charge in [-0.3, -0.25) is 10.1 Å². The molecule has 0 aromatic heterocycles. The third-order valence-corrected chi connectivity index (χ3v) is 4.01. The average Bonchev–Trinajstić information content (AvgIpc) is 2.54. The van der Waals surface area contributed by atoms with E-state index in [1.54, 1.807) is 6.07 Å². The smallest absolute Gasteiger partial charge is 0.314 e. The molecule has 0 saturated carbocycles. The van der Waals surface area contributed by atoms with Crippen LogP contribution >= 0.6 is 22.6 Å². The lowest BCUT2D eigenvalue weighted by Crippen LogP contribution is -2.21. The molecule has 9 heteroatoms. The van der Waals surface area contributed by atoms with Gasteiger partial charge in [-0.15, -0.1) is 0 Å². The summed E-state index contributed by atoms with van der Waals surface area (Å²) in [4.78, 5) is 10.6. The molecule has 0 aliphatic heterocycles. The number of hydrogen-bond acceptors (Lipinski definition) is 5. The maximum atomic E-state index is 14.0. The van der Waals surface area contributed by atoms with Crippen LogP contribution in [0.25, 0.3) is 0 Å². The summed E-state index contributed by atoms with van der Waals surface area (Å²) in [7, 11) is 0. The number of benzene rings is 2. The summed E-state index contributed by atoms with van der Waals surface area (Å²) in [5, 5.41) is 29.5. The Morgan fingerprint density at radius 3 is 2.56 bits per heavy atom. The Morgan fingerprint density at radius 1 is 1.24 bits per heavy atom. The third kappa shape index (κ3) is 5.06. The predicted molar refractivity (Wildman–Crippen MR) is 93.6 cm³/mol. The molecule has 134 valence electrons. The lowest BCUT2D eigenvalue weighted by Gasteiger charge is -2.13. The first kappa shape index (κ1) is 19.5. The number of hydrogen-bond donors (Lipinski definition) is 2. The van der Waals surface area contributed by atoms with Crippen molar-refractivity contribution in [3.63, 3.8) is 0 Å². The summed E-state index contributed by atoms with van der Waals surface area (Å²) in [5.74, 6) is -1.73. The van der Waals surface area contributed by atoms with Gasteiger partial charge in [-0.2, -0.15) is 0 Å². The zero-order chi connectivity index (χ0) is 18.6. The molecule has 0 saturated heterocycles. The Labute approximate surface area is 155 Å². The highest BCUT2D eigenvalue weighted by Crippen LogP contribution is 2.34. The molecule has 0 radical (unpaired) electrons. The second-order valence-corrected chi connectivity index (χ2v) is 6.47. The number of aliphatic hydroxyl groups is 2. The average molecular weight is 465 g/mol. The first-order valence-corrected chi connectivity index (χ1v) is 8.22. The highest BCUT2D eigenvalue weighted by atomic mass is 127. The minimum absolute atomic E-state index is 0.0569. The van der Waals surface area contributed by atoms with E-state index in [1.165, 1.54) is 12.1 Å². The van der Waals surface area contributed by atoms with Crippen LogP contribution in [-0.4, -0.2) is 34.5 Å². The van der Waals surface area contributed by atoms with Gasteiger partial charge in [0.05, 0.1) is 11.5 Å². The van der Waals surface area contributed by atoms with Gasteiger partial charge in [-0.25, -0.2) is 8.78 Å². The Morgan fingerprint density at radius 2 is 1.96 bits per heavy atom. The van der Waals surface area contributed by atoms with E-state index in [9.17, 15) is 24.0 Å². The number of nitro groups is 1. The van der Waals surface area contributed by atoms with Gasteiger partial charge in [0, 0.05) is 21.6 Å². The van der Waals surface area contributed by atoms with Crippen molar-refractivity contribution in [3.8, 4) is 5.75 Å². The quantitative estimate of drug-likeness (QED) is 0.373. The third-order valence-electron chi connectivity index (χ3n) is 3.34. The SMILES string of the molecule is O=[N+]([O-])c1c(Cc2ccc(I)cc2F)cc(F)cc1OCC(O)CO. The topological polar surface area (TPSA) is 92.8 Å². The number of rotatable bonds is 7. The normalized spacial score (nSPS) is 12.0. The molecule has 0 heterocycles. The van der Waals surface area contributed by atoms with Gasteiger partial charge in [-0.1, -0.05) is 6.07 Å². The Kier molecular flexibility index (Phi) is 6.62. The largest absolute Gasteiger partial charge is 0.484 e. The van der Waals surface area contributed by atoms with E-state index < -0.39 is 47.3 Å². The minimum Gasteiger partial charge on any atom is -0.484 e. The molecule has 0 fully saturated rings. The van der Waals surface area contributed by atoms with Crippen molar-refractivity contribution in [1.82, 2.24) is 0 Å². The molecule has 2 aromatic rings. The summed E-state index contributed by atoms with van der Waals surface area (Å²) < 4.78 is 33.6. The van der Waals surface area contributed by atoms with Gasteiger partial charge in [0.2, 0.25) is 0 Å². The number of halogens is 3. The van der Waals surface area contributed by atoms with Crippen molar-refractivity contribution in [2.24, 2.45) is 0 Å². The molecule has 0 spiro atoms. The maximum absolute atomic E-state index is 14.0. The Hall–Kier alpha value is -1.85. The summed E-state index contributed by atoms with van der Waals surface area (Å²) in [6.07, 6.45) is -1.46. The van der Waals surface area contributed by atoms with Crippen molar-refractivity contribution >= 4 is 28.3 Å². The first-order valence-electron chi connectivity index (χ1n) is 7.14. The number of ether oxygens (including phenoxy) is 1. The van der Waals surface area contributed by atoms with Crippen LogP contribution in [0.4, 0.5) is 14.5 Å². The van der Waals surface area contributed by atoms with E-state index in [1.807, 2.05) is 22.6 Å². The van der Waals surface area contributed by atoms with Crippen molar-refractivity contribution in [3.05, 3.63) is 66.8 Å². The van der Waals surface area contributed by atoms with Crippen molar-refractivity contribution in [2.45, 2.75) is 12.5 Å². The van der Waals surface area contributed by atoms with Crippen LogP contribution in [0.3, 0.4) is 0 Å². The van der Waals surface area contributed by atoms with Gasteiger partial charge in [0.25, 0.3) is 0 Å². The van der Waals surface area contributed by atoms with Crippen molar-refractivity contribution in [2.75, 3.05) is 13.2 Å². The summed E-state index contributed by atoms with van der Waals surface area (Å²) in [6, 6.07) is 6.15. The van der Waals surface area contributed by atoms with Gasteiger partial charge >= 0.3 is 5.69 Å². The zero-order valence-electron chi connectivity index (χ0n) is 12.8. The van der Waals surface area contributed by atoms with E-state index in [4.69, 9.17) is 9.84 Å². The fourth-order valence-corrected chi connectivity index (χ4v) is 2.64. The first-order chi connectivity index (χ1) is 11.8. The molecular formula is C16H14F2INO5. The molecule has 1 unspecified atom stereocenters. The highest BCUT2D eigenvalue weighted by molar-refractivity contribution is 14.1. The standard InChI is InChI=1S/C16H14F2INO5/c17-11-4-10(3-9-1-2-12(19)6-14(9)18)16(20(23)24)15(5-11)25-8-13(22)7-21/h1-2,4-6,13,21-22H,3,7-8H2. The highest BCUT2D eigenvalue weighted by Gasteiger charge is 2.24. The number of nitro benzene ring substituents is 1. The lowest BCUT2D eigenvalue weighted by atomic mass is 10.0. The van der Waals surface area contributed by atoms with Crippen molar-refractivity contribution in [1.29, 1.82) is 0 Å². The molecule has 2 rings (SSSR count). The molecule has 2 N–H and O–H groups in total. The van der Waals surface area contributed by atoms with Gasteiger partial charge in [0.1, 0.15) is 24.3 Å². The van der Waals surface area contributed by atoms with E-state index in [-0.39, 0.29) is 17.5 Å². The Balaban J connectivity index is 2.42. The Bertz CT molecular complexity index is 787. The van der Waals surface area contributed by atoms with E-state index in [0.29, 0.717) is 3.57 Å². The van der Waals surface area contributed by atoms with Crippen molar-refractivity contribution < 1.29 is 28.7 Å². The van der Waals surface area contributed by atoms with Crippen LogP contribution in [0, 0.1) is 25.3 Å². The van der Waals surface area contributed by atoms with Gasteiger partial charge in [-0.05, 0) is 46.4 Å². The van der Waals surface area contributed by atoms with Crippen LogP contribution in [0.2, 0.25) is 0 Å². The van der Waals surface area contributed by atoms with Crippen LogP contribution in [0.1, 0.15) is 11.1 Å². The van der Waals surface area contributed by atoms with Crippen LogP contribution < -0.4 is 4.74 Å². The molecule has 6 nitrogen and oxygen atoms in total. The van der Waals surface area contributed by atoms with E-state index in [0.717, 1.165) is 12.1 Å². The molecule has 0 bridgehead atoms. The lowest BCUT2D eigenvalue weighted by molar-refractivity contribution is -0.386. The molecule has 0 aliphatic carbocycles. The number of aliphatic hydroxyl groups excluding tert-OH is 2. The second kappa shape index (κ2) is 8.50. The van der Waals surface area contributed by atoms with E-state index >= 15 is 0 Å². The molecule has 2 aromatic carbocycles. The minimum atomic E-state index is -1.26. The van der Waals surface area contributed by atoms with E-state index in [2.05, 4.69) is 0 Å². The molecule has 25 heavy (non-hydrogen) atoms. The van der Waals surface area contributed by atoms with Gasteiger partial charge in [0.15, 0.2) is 5.75 Å². The fraction of sp³-hybridized carbons (Fsp3) is 0.250. The maximum Gasteiger partial charge on any atom is 0.314 e. The summed E-state index contributed by atoms with van der Waals surface area (Å²) >= 11 is 1.93. The zero-order valence-corrected chi connectivity index (χ0v) is 14.9. The predicted octanol–water partition coefficient (Wildman–Crippen LogP) is 2.80. The summed E-state index contributed by atoms with van der Waals surface area (Å²) in [6.45, 7) is -1.05. The number of nitrogens with zero attached hydrogens (tertiary/aromatic N) is 1. The molecule has 0 aliphatic rings. The molecule has 0 amide bonds. The van der Waals surface area contributed by atoms with Crippen LogP contribution in [0.15, 0.2) is 30.3 Å². The fourth-order valence-electron chi connectivity index (χ4n) is 2.19. The molecular weight excluding hydrogens is 451 g/mol. The summed E-state index contributed by atoms with van der Waals surface area (Å²) in [5.41, 5.74) is -0.390. The van der Waals surface area contributed by atoms with Crippen LogP contribution in [-0.2, 0) is 6.42 Å². The van der Waals surface area contributed by atoms with Crippen LogP contribution in [0.5, 0.6) is 5.75 Å². The van der Waals surface area contributed by atoms with Gasteiger partial charge < -0.3 is 14.9 Å². The monoisotopic (exact) mass is 465 g/mol. The molecule has 1 atom stereocenters. The second-order valence-electron chi connectivity index (χ2n) is 5.23.